The summed E-state index contributed by atoms with van der Waals surface area (Å²) in [6.45, 7) is 8.12. The highest BCUT2D eigenvalue weighted by atomic mass is 35.5. The minimum absolute atomic E-state index is 0. The average Bonchev–Trinajstić information content (AvgIpc) is 2.81. The molecule has 1 fully saturated rings. The number of H-pyrrole nitrogens is 1. The van der Waals surface area contributed by atoms with E-state index in [-0.39, 0.29) is 12.4 Å². The van der Waals surface area contributed by atoms with Crippen molar-refractivity contribution in [3.63, 3.8) is 0 Å². The molecule has 3 rings (SSSR count). The van der Waals surface area contributed by atoms with Crippen LogP contribution in [0.1, 0.15) is 44.2 Å². The van der Waals surface area contributed by atoms with Crippen LogP contribution in [0.2, 0.25) is 0 Å². The molecule has 2 nitrogen and oxygen atoms in total. The van der Waals surface area contributed by atoms with Gasteiger partial charge in [-0.1, -0.05) is 18.1 Å². The first-order valence-corrected chi connectivity index (χ1v) is 7.97. The molecular formula is C18H27ClN2. The molecule has 0 spiro atoms. The van der Waals surface area contributed by atoms with Crippen LogP contribution in [0.5, 0.6) is 0 Å². The fraction of sp³-hybridized carbons (Fsp3) is 0.556. The van der Waals surface area contributed by atoms with Crippen molar-refractivity contribution in [3.05, 3.63) is 35.5 Å². The summed E-state index contributed by atoms with van der Waals surface area (Å²) in [5.41, 5.74) is 4.08. The lowest BCUT2D eigenvalue weighted by molar-refractivity contribution is 0.105. The van der Waals surface area contributed by atoms with Gasteiger partial charge in [0.05, 0.1) is 0 Å². The molecule has 1 N–H and O–H groups in total. The Balaban J connectivity index is 0.00000161. The molecule has 3 heteroatoms. The van der Waals surface area contributed by atoms with E-state index >= 15 is 0 Å². The molecule has 0 aliphatic carbocycles. The molecule has 1 aromatic heterocycles. The molecule has 0 amide bonds. The number of benzene rings is 1. The lowest BCUT2D eigenvalue weighted by Crippen LogP contribution is -2.44. The minimum atomic E-state index is 0. The Morgan fingerprint density at radius 3 is 2.62 bits per heavy atom. The monoisotopic (exact) mass is 306 g/mol. The maximum atomic E-state index is 3.41. The van der Waals surface area contributed by atoms with Crippen molar-refractivity contribution in [1.29, 1.82) is 0 Å². The Morgan fingerprint density at radius 2 is 1.90 bits per heavy atom. The van der Waals surface area contributed by atoms with Crippen LogP contribution >= 0.6 is 12.4 Å². The summed E-state index contributed by atoms with van der Waals surface area (Å²) in [6.07, 6.45) is 7.46. The number of aryl methyl sites for hydroxylation is 1. The lowest BCUT2D eigenvalue weighted by atomic mass is 9.96. The van der Waals surface area contributed by atoms with E-state index in [2.05, 4.69) is 55.1 Å². The molecule has 0 saturated carbocycles. The van der Waals surface area contributed by atoms with E-state index in [4.69, 9.17) is 0 Å². The summed E-state index contributed by atoms with van der Waals surface area (Å²) in [4.78, 5) is 6.10. The van der Waals surface area contributed by atoms with E-state index in [1.54, 1.807) is 0 Å². The van der Waals surface area contributed by atoms with Gasteiger partial charge in [-0.3, -0.25) is 4.90 Å². The molecule has 2 unspecified atom stereocenters. The molecule has 116 valence electrons. The quantitative estimate of drug-likeness (QED) is 0.870. The summed E-state index contributed by atoms with van der Waals surface area (Å²) in [7, 11) is 0. The zero-order chi connectivity index (χ0) is 14.1. The van der Waals surface area contributed by atoms with Crippen molar-refractivity contribution in [2.24, 2.45) is 0 Å². The molecule has 0 radical (unpaired) electrons. The first-order valence-electron chi connectivity index (χ1n) is 7.97. The van der Waals surface area contributed by atoms with Crippen molar-refractivity contribution < 1.29 is 0 Å². The van der Waals surface area contributed by atoms with Crippen LogP contribution in [0, 0.1) is 6.92 Å². The van der Waals surface area contributed by atoms with Gasteiger partial charge in [-0.15, -0.1) is 12.4 Å². The predicted molar refractivity (Wildman–Crippen MR) is 93.5 cm³/mol. The van der Waals surface area contributed by atoms with E-state index in [1.807, 2.05) is 0 Å². The normalized spacial score (nSPS) is 23.2. The van der Waals surface area contributed by atoms with Crippen molar-refractivity contribution in [2.75, 3.05) is 6.54 Å². The number of hydrogen-bond acceptors (Lipinski definition) is 1. The summed E-state index contributed by atoms with van der Waals surface area (Å²) in [6, 6.07) is 8.17. The number of halogens is 1. The fourth-order valence-corrected chi connectivity index (χ4v) is 3.66. The summed E-state index contributed by atoms with van der Waals surface area (Å²) in [5, 5.41) is 1.40. The van der Waals surface area contributed by atoms with Crippen LogP contribution < -0.4 is 0 Å². The van der Waals surface area contributed by atoms with Crippen LogP contribution in [0.3, 0.4) is 0 Å². The van der Waals surface area contributed by atoms with Gasteiger partial charge in [0.2, 0.25) is 0 Å². The zero-order valence-corrected chi connectivity index (χ0v) is 14.2. The van der Waals surface area contributed by atoms with Gasteiger partial charge in [0.1, 0.15) is 0 Å². The highest BCUT2D eigenvalue weighted by Crippen LogP contribution is 2.24. The number of hydrogen-bond donors (Lipinski definition) is 1. The summed E-state index contributed by atoms with van der Waals surface area (Å²) >= 11 is 0. The van der Waals surface area contributed by atoms with Gasteiger partial charge in [-0.05, 0) is 57.7 Å². The molecule has 1 aliphatic rings. The summed E-state index contributed by atoms with van der Waals surface area (Å²) in [5.74, 6) is 0. The average molecular weight is 307 g/mol. The third kappa shape index (κ3) is 3.44. The number of aromatic nitrogens is 1. The highest BCUT2D eigenvalue weighted by molar-refractivity contribution is 5.85. The predicted octanol–water partition coefficient (Wildman–Crippen LogP) is 4.70. The minimum Gasteiger partial charge on any atom is -0.361 e. The number of aromatic amines is 1. The standard InChI is InChI=1S/C18H26N2.ClH/c1-13-7-8-18-17(11-13)16(12-19-18)9-10-20-14(2)5-4-6-15(20)3;/h7-8,11-12,14-15,19H,4-6,9-10H2,1-3H3;1H. The lowest BCUT2D eigenvalue weighted by Gasteiger charge is -2.39. The molecule has 1 aliphatic heterocycles. The summed E-state index contributed by atoms with van der Waals surface area (Å²) < 4.78 is 0. The van der Waals surface area contributed by atoms with Crippen LogP contribution in [-0.2, 0) is 6.42 Å². The maximum absolute atomic E-state index is 3.41. The topological polar surface area (TPSA) is 19.0 Å². The third-order valence-corrected chi connectivity index (χ3v) is 4.94. The van der Waals surface area contributed by atoms with E-state index < -0.39 is 0 Å². The SMILES string of the molecule is Cc1ccc2[nH]cc(CCN3C(C)CCCC3C)c2c1.Cl. The first kappa shape index (κ1) is 16.4. The number of rotatable bonds is 3. The zero-order valence-electron chi connectivity index (χ0n) is 13.4. The van der Waals surface area contributed by atoms with Gasteiger partial charge in [0, 0.05) is 35.7 Å². The second kappa shape index (κ2) is 6.85. The largest absolute Gasteiger partial charge is 0.361 e. The van der Waals surface area contributed by atoms with Crippen molar-refractivity contribution in [2.45, 2.75) is 58.5 Å². The van der Waals surface area contributed by atoms with Gasteiger partial charge >= 0.3 is 0 Å². The van der Waals surface area contributed by atoms with Gasteiger partial charge in [0.15, 0.2) is 0 Å². The Bertz CT molecular complexity index is 580. The Labute approximate surface area is 134 Å². The van der Waals surface area contributed by atoms with Gasteiger partial charge < -0.3 is 4.98 Å². The van der Waals surface area contributed by atoms with Crippen molar-refractivity contribution in [1.82, 2.24) is 9.88 Å². The first-order chi connectivity index (χ1) is 9.65. The van der Waals surface area contributed by atoms with E-state index in [0.29, 0.717) is 0 Å². The van der Waals surface area contributed by atoms with E-state index in [0.717, 1.165) is 18.5 Å². The number of nitrogens with one attached hydrogen (secondary N) is 1. The maximum Gasteiger partial charge on any atom is 0.0456 e. The van der Waals surface area contributed by atoms with Crippen LogP contribution in [0.4, 0.5) is 0 Å². The number of likely N-dealkylation sites (tertiary alicyclic amines) is 1. The van der Waals surface area contributed by atoms with Gasteiger partial charge in [0.25, 0.3) is 0 Å². The van der Waals surface area contributed by atoms with Crippen LogP contribution in [-0.4, -0.2) is 28.5 Å². The molecule has 1 aromatic carbocycles. The number of nitrogens with zero attached hydrogens (tertiary/aromatic N) is 1. The van der Waals surface area contributed by atoms with Crippen molar-refractivity contribution in [3.8, 4) is 0 Å². The van der Waals surface area contributed by atoms with E-state index in [1.165, 1.54) is 47.8 Å². The van der Waals surface area contributed by atoms with Crippen LogP contribution in [0.15, 0.2) is 24.4 Å². The number of piperidine rings is 1. The molecule has 21 heavy (non-hydrogen) atoms. The molecular weight excluding hydrogens is 280 g/mol. The Morgan fingerprint density at radius 1 is 1.19 bits per heavy atom. The van der Waals surface area contributed by atoms with Crippen LogP contribution in [0.25, 0.3) is 10.9 Å². The number of fused-ring (bicyclic) bond motifs is 1. The van der Waals surface area contributed by atoms with Crippen molar-refractivity contribution >= 4 is 23.3 Å². The highest BCUT2D eigenvalue weighted by Gasteiger charge is 2.24. The molecule has 0 bridgehead atoms. The second-order valence-electron chi connectivity index (χ2n) is 6.48. The molecule has 2 atom stereocenters. The van der Waals surface area contributed by atoms with Gasteiger partial charge in [-0.2, -0.15) is 0 Å². The fourth-order valence-electron chi connectivity index (χ4n) is 3.66. The third-order valence-electron chi connectivity index (χ3n) is 4.94. The van der Waals surface area contributed by atoms with Gasteiger partial charge in [-0.25, -0.2) is 0 Å². The van der Waals surface area contributed by atoms with E-state index in [9.17, 15) is 0 Å². The molecule has 2 heterocycles. The second-order valence-corrected chi connectivity index (χ2v) is 6.48. The Kier molecular flexibility index (Phi) is 5.34. The molecule has 2 aromatic rings. The smallest absolute Gasteiger partial charge is 0.0456 e. The Hall–Kier alpha value is -0.990. The molecule has 1 saturated heterocycles.